The average Bonchev–Trinajstić information content (AvgIpc) is 2.78. The fraction of sp³-hybridized carbons (Fsp3) is 0.391. The third kappa shape index (κ3) is 5.23. The van der Waals surface area contributed by atoms with Crippen molar-refractivity contribution in [3.63, 3.8) is 0 Å². The van der Waals surface area contributed by atoms with Crippen molar-refractivity contribution < 1.29 is 23.8 Å². The molecule has 2 amide bonds. The maximum Gasteiger partial charge on any atom is 0.251 e. The van der Waals surface area contributed by atoms with Crippen LogP contribution in [-0.2, 0) is 11.3 Å². The van der Waals surface area contributed by atoms with E-state index in [9.17, 15) is 9.59 Å². The lowest BCUT2D eigenvalue weighted by Crippen LogP contribution is -2.40. The minimum Gasteiger partial charge on any atom is -0.496 e. The first-order valence-electron chi connectivity index (χ1n) is 10.0. The van der Waals surface area contributed by atoms with Crippen molar-refractivity contribution in [3.8, 4) is 17.2 Å². The Balaban J connectivity index is 1.66. The molecular formula is C23H28N2O5. The number of carbonyl (C=O) groups is 2. The van der Waals surface area contributed by atoms with Crippen molar-refractivity contribution in [1.29, 1.82) is 0 Å². The van der Waals surface area contributed by atoms with E-state index in [1.165, 1.54) is 0 Å². The molecular weight excluding hydrogens is 384 g/mol. The highest BCUT2D eigenvalue weighted by atomic mass is 16.5. The second-order valence-electron chi connectivity index (χ2n) is 7.18. The molecule has 1 heterocycles. The summed E-state index contributed by atoms with van der Waals surface area (Å²) >= 11 is 0. The Morgan fingerprint density at radius 2 is 1.70 bits per heavy atom. The van der Waals surface area contributed by atoms with Gasteiger partial charge in [0.1, 0.15) is 11.9 Å². The molecule has 0 unspecified atom stereocenters. The molecule has 3 rings (SSSR count). The van der Waals surface area contributed by atoms with E-state index in [0.29, 0.717) is 36.7 Å². The molecule has 1 aliphatic heterocycles. The Labute approximate surface area is 176 Å². The van der Waals surface area contributed by atoms with Crippen LogP contribution in [0.5, 0.6) is 17.2 Å². The van der Waals surface area contributed by atoms with Crippen LogP contribution in [0, 0.1) is 0 Å². The summed E-state index contributed by atoms with van der Waals surface area (Å²) in [7, 11) is 3.18. The van der Waals surface area contributed by atoms with Crippen molar-refractivity contribution in [2.75, 3.05) is 27.3 Å². The fourth-order valence-electron chi connectivity index (χ4n) is 3.50. The maximum absolute atomic E-state index is 12.7. The molecule has 1 N–H and O–H groups in total. The van der Waals surface area contributed by atoms with E-state index in [0.717, 1.165) is 24.2 Å². The van der Waals surface area contributed by atoms with Crippen LogP contribution in [0.2, 0.25) is 0 Å². The van der Waals surface area contributed by atoms with E-state index in [1.807, 2.05) is 29.2 Å². The SMILES string of the molecule is COc1ccccc1CNC(=O)c1ccc(OC)c(OC2CCN(C(C)=O)CC2)c1. The molecule has 1 aliphatic rings. The van der Waals surface area contributed by atoms with Crippen LogP contribution in [0.3, 0.4) is 0 Å². The summed E-state index contributed by atoms with van der Waals surface area (Å²) < 4.78 is 16.9. The van der Waals surface area contributed by atoms with Crippen LogP contribution in [-0.4, -0.2) is 50.1 Å². The summed E-state index contributed by atoms with van der Waals surface area (Å²) in [4.78, 5) is 26.0. The number of para-hydroxylation sites is 1. The van der Waals surface area contributed by atoms with Gasteiger partial charge in [0.2, 0.25) is 5.91 Å². The average molecular weight is 412 g/mol. The van der Waals surface area contributed by atoms with Gasteiger partial charge >= 0.3 is 0 Å². The van der Waals surface area contributed by atoms with Crippen molar-refractivity contribution >= 4 is 11.8 Å². The molecule has 0 saturated carbocycles. The summed E-state index contributed by atoms with van der Waals surface area (Å²) in [5, 5.41) is 2.92. The maximum atomic E-state index is 12.7. The van der Waals surface area contributed by atoms with E-state index in [4.69, 9.17) is 14.2 Å². The van der Waals surface area contributed by atoms with Gasteiger partial charge in [-0.3, -0.25) is 9.59 Å². The molecule has 1 saturated heterocycles. The zero-order valence-electron chi connectivity index (χ0n) is 17.6. The number of hydrogen-bond acceptors (Lipinski definition) is 5. The molecule has 2 aromatic carbocycles. The lowest BCUT2D eigenvalue weighted by Gasteiger charge is -2.31. The zero-order valence-corrected chi connectivity index (χ0v) is 17.6. The first-order chi connectivity index (χ1) is 14.5. The second kappa shape index (κ2) is 10.0. The minimum absolute atomic E-state index is 0.0265. The predicted molar refractivity (Wildman–Crippen MR) is 113 cm³/mol. The number of carbonyl (C=O) groups excluding carboxylic acids is 2. The van der Waals surface area contributed by atoms with E-state index in [-0.39, 0.29) is 17.9 Å². The van der Waals surface area contributed by atoms with Crippen molar-refractivity contribution in [2.24, 2.45) is 0 Å². The van der Waals surface area contributed by atoms with Crippen LogP contribution >= 0.6 is 0 Å². The topological polar surface area (TPSA) is 77.1 Å². The molecule has 0 bridgehead atoms. The predicted octanol–water partition coefficient (Wildman–Crippen LogP) is 3.02. The molecule has 0 spiro atoms. The summed E-state index contributed by atoms with van der Waals surface area (Å²) in [6.07, 6.45) is 1.46. The molecule has 7 heteroatoms. The Hall–Kier alpha value is -3.22. The zero-order chi connectivity index (χ0) is 21.5. The van der Waals surface area contributed by atoms with E-state index < -0.39 is 0 Å². The first-order valence-corrected chi connectivity index (χ1v) is 10.0. The fourth-order valence-corrected chi connectivity index (χ4v) is 3.50. The summed E-state index contributed by atoms with van der Waals surface area (Å²) in [5.41, 5.74) is 1.39. The van der Waals surface area contributed by atoms with Crippen molar-refractivity contribution in [3.05, 3.63) is 53.6 Å². The molecule has 0 radical (unpaired) electrons. The van der Waals surface area contributed by atoms with Crippen LogP contribution in [0.4, 0.5) is 0 Å². The minimum atomic E-state index is -0.209. The highest BCUT2D eigenvalue weighted by molar-refractivity contribution is 5.94. The number of methoxy groups -OCH3 is 2. The quantitative estimate of drug-likeness (QED) is 0.757. The van der Waals surface area contributed by atoms with E-state index >= 15 is 0 Å². The highest BCUT2D eigenvalue weighted by Crippen LogP contribution is 2.31. The monoisotopic (exact) mass is 412 g/mol. The van der Waals surface area contributed by atoms with Crippen molar-refractivity contribution in [2.45, 2.75) is 32.4 Å². The number of benzene rings is 2. The second-order valence-corrected chi connectivity index (χ2v) is 7.18. The number of ether oxygens (including phenoxy) is 3. The normalized spacial score (nSPS) is 14.2. The van der Waals surface area contributed by atoms with Gasteiger partial charge in [-0.15, -0.1) is 0 Å². The van der Waals surface area contributed by atoms with Crippen molar-refractivity contribution in [1.82, 2.24) is 10.2 Å². The summed E-state index contributed by atoms with van der Waals surface area (Å²) in [5.74, 6) is 1.71. The lowest BCUT2D eigenvalue weighted by atomic mass is 10.1. The largest absolute Gasteiger partial charge is 0.496 e. The van der Waals surface area contributed by atoms with Crippen LogP contribution in [0.15, 0.2) is 42.5 Å². The molecule has 1 fully saturated rings. The number of likely N-dealkylation sites (tertiary alicyclic amines) is 1. The Morgan fingerprint density at radius 3 is 2.37 bits per heavy atom. The molecule has 7 nitrogen and oxygen atoms in total. The molecule has 0 aromatic heterocycles. The van der Waals surface area contributed by atoms with E-state index in [2.05, 4.69) is 5.32 Å². The third-order valence-electron chi connectivity index (χ3n) is 5.24. The van der Waals surface area contributed by atoms with Gasteiger partial charge in [-0.05, 0) is 24.3 Å². The molecule has 2 aromatic rings. The van der Waals surface area contributed by atoms with Crippen LogP contribution < -0.4 is 19.5 Å². The van der Waals surface area contributed by atoms with E-state index in [1.54, 1.807) is 39.3 Å². The number of rotatable bonds is 7. The molecule has 0 aliphatic carbocycles. The number of nitrogens with zero attached hydrogens (tertiary/aromatic N) is 1. The lowest BCUT2D eigenvalue weighted by molar-refractivity contribution is -0.130. The Bertz CT molecular complexity index is 891. The van der Waals surface area contributed by atoms with Gasteiger partial charge in [0, 0.05) is 50.5 Å². The Kier molecular flexibility index (Phi) is 7.17. The number of hydrogen-bond donors (Lipinski definition) is 1. The molecule has 160 valence electrons. The summed E-state index contributed by atoms with van der Waals surface area (Å²) in [6.45, 7) is 3.27. The number of nitrogens with one attached hydrogen (secondary N) is 1. The molecule has 30 heavy (non-hydrogen) atoms. The Morgan fingerprint density at radius 1 is 1.00 bits per heavy atom. The number of amides is 2. The highest BCUT2D eigenvalue weighted by Gasteiger charge is 2.23. The van der Waals surface area contributed by atoms with Gasteiger partial charge in [0.25, 0.3) is 5.91 Å². The first kappa shape index (κ1) is 21.5. The third-order valence-corrected chi connectivity index (χ3v) is 5.24. The number of piperidine rings is 1. The van der Waals surface area contributed by atoms with Gasteiger partial charge < -0.3 is 24.4 Å². The smallest absolute Gasteiger partial charge is 0.251 e. The van der Waals surface area contributed by atoms with Gasteiger partial charge in [0.05, 0.1) is 14.2 Å². The van der Waals surface area contributed by atoms with Gasteiger partial charge in [-0.2, -0.15) is 0 Å². The van der Waals surface area contributed by atoms with Crippen LogP contribution in [0.1, 0.15) is 35.7 Å². The molecule has 0 atom stereocenters. The standard InChI is InChI=1S/C23H28N2O5/c1-16(26)25-12-10-19(11-13-25)30-22-14-17(8-9-21(22)29-3)23(27)24-15-18-6-4-5-7-20(18)28-2/h4-9,14,19H,10-13,15H2,1-3H3,(H,24,27). The van der Waals surface area contributed by atoms with Gasteiger partial charge in [-0.25, -0.2) is 0 Å². The van der Waals surface area contributed by atoms with Crippen LogP contribution in [0.25, 0.3) is 0 Å². The van der Waals surface area contributed by atoms with Gasteiger partial charge in [-0.1, -0.05) is 18.2 Å². The summed E-state index contributed by atoms with van der Waals surface area (Å²) in [6, 6.07) is 12.7. The van der Waals surface area contributed by atoms with Gasteiger partial charge in [0.15, 0.2) is 11.5 Å².